The van der Waals surface area contributed by atoms with E-state index < -0.39 is 23.4 Å². The molecule has 0 saturated carbocycles. The van der Waals surface area contributed by atoms with Crippen LogP contribution in [0, 0.1) is 11.6 Å². The van der Waals surface area contributed by atoms with Gasteiger partial charge in [0.25, 0.3) is 11.8 Å². The number of halogens is 5. The Bertz CT molecular complexity index is 1120. The Morgan fingerprint density at radius 1 is 1.14 bits per heavy atom. The molecule has 3 aromatic rings. The van der Waals surface area contributed by atoms with Gasteiger partial charge in [0.05, 0.1) is 16.3 Å². The van der Waals surface area contributed by atoms with Crippen molar-refractivity contribution in [1.82, 2.24) is 9.78 Å². The Hall–Kier alpha value is -2.49. The summed E-state index contributed by atoms with van der Waals surface area (Å²) in [4.78, 5) is 24.4. The highest BCUT2D eigenvalue weighted by molar-refractivity contribution is 9.10. The van der Waals surface area contributed by atoms with Gasteiger partial charge in [-0.1, -0.05) is 23.2 Å². The molecule has 0 unspecified atom stereocenters. The molecule has 0 aliphatic heterocycles. The van der Waals surface area contributed by atoms with Crippen molar-refractivity contribution in [3.8, 4) is 5.69 Å². The van der Waals surface area contributed by atoms with Crippen molar-refractivity contribution in [2.24, 2.45) is 5.73 Å². The third-order valence-electron chi connectivity index (χ3n) is 3.61. The van der Waals surface area contributed by atoms with Gasteiger partial charge in [-0.15, -0.1) is 0 Å². The smallest absolute Gasteiger partial charge is 0.274 e. The molecule has 3 N–H and O–H groups in total. The summed E-state index contributed by atoms with van der Waals surface area (Å²) in [5.74, 6) is -3.34. The maximum Gasteiger partial charge on any atom is 0.274 e. The molecule has 6 nitrogen and oxygen atoms in total. The SMILES string of the molecule is NC(=O)c1cc(Cl)cc(Cl)c1NC(=O)c1cc(Br)nn1-c1ccc(F)cc1F. The Kier molecular flexibility index (Phi) is 5.69. The zero-order chi connectivity index (χ0) is 20.6. The first kappa shape index (κ1) is 20.2. The first-order chi connectivity index (χ1) is 13.2. The van der Waals surface area contributed by atoms with Crippen LogP contribution in [0.25, 0.3) is 5.69 Å². The van der Waals surface area contributed by atoms with Gasteiger partial charge in [0.15, 0.2) is 5.82 Å². The normalized spacial score (nSPS) is 10.8. The van der Waals surface area contributed by atoms with Crippen LogP contribution >= 0.6 is 39.1 Å². The van der Waals surface area contributed by atoms with Crippen LogP contribution in [0.2, 0.25) is 10.0 Å². The van der Waals surface area contributed by atoms with Gasteiger partial charge in [-0.3, -0.25) is 9.59 Å². The van der Waals surface area contributed by atoms with E-state index in [1.807, 2.05) is 0 Å². The van der Waals surface area contributed by atoms with Crippen LogP contribution in [0.3, 0.4) is 0 Å². The second-order valence-corrected chi connectivity index (χ2v) is 7.14. The zero-order valence-electron chi connectivity index (χ0n) is 13.6. The number of hydrogen-bond acceptors (Lipinski definition) is 3. The largest absolute Gasteiger partial charge is 0.366 e. The first-order valence-electron chi connectivity index (χ1n) is 7.48. The summed E-state index contributed by atoms with van der Waals surface area (Å²) in [5.41, 5.74) is 4.87. The van der Waals surface area contributed by atoms with Crippen LogP contribution in [-0.4, -0.2) is 21.6 Å². The fourth-order valence-corrected chi connectivity index (χ4v) is 3.34. The molecule has 144 valence electrons. The van der Waals surface area contributed by atoms with Gasteiger partial charge >= 0.3 is 0 Å². The van der Waals surface area contributed by atoms with E-state index in [9.17, 15) is 18.4 Å². The number of aromatic nitrogens is 2. The predicted octanol–water partition coefficient (Wildman–Crippen LogP) is 4.57. The molecule has 0 radical (unpaired) electrons. The highest BCUT2D eigenvalue weighted by atomic mass is 79.9. The fourth-order valence-electron chi connectivity index (χ4n) is 2.42. The number of primary amides is 1. The van der Waals surface area contributed by atoms with E-state index in [4.69, 9.17) is 28.9 Å². The van der Waals surface area contributed by atoms with Crippen molar-refractivity contribution in [2.75, 3.05) is 5.32 Å². The summed E-state index contributed by atoms with van der Waals surface area (Å²) >= 11 is 15.0. The van der Waals surface area contributed by atoms with E-state index in [2.05, 4.69) is 26.3 Å². The first-order valence-corrected chi connectivity index (χ1v) is 9.03. The molecule has 11 heteroatoms. The molecule has 0 fully saturated rings. The van der Waals surface area contributed by atoms with Gasteiger partial charge < -0.3 is 11.1 Å². The highest BCUT2D eigenvalue weighted by Gasteiger charge is 2.22. The molecule has 0 bridgehead atoms. The van der Waals surface area contributed by atoms with Crippen molar-refractivity contribution < 1.29 is 18.4 Å². The lowest BCUT2D eigenvalue weighted by atomic mass is 10.1. The molecule has 0 spiro atoms. The number of nitrogens with one attached hydrogen (secondary N) is 1. The standard InChI is InChI=1S/C17H9BrCl2F2N4O2/c18-14-6-13(26(25-14)12-2-1-8(21)5-11(12)22)17(28)24-15-9(16(23)27)3-7(19)4-10(15)20/h1-6H,(H2,23,27)(H,24,28). The number of benzene rings is 2. The highest BCUT2D eigenvalue weighted by Crippen LogP contribution is 2.31. The maximum absolute atomic E-state index is 14.1. The van der Waals surface area contributed by atoms with Gasteiger partial charge in [0.2, 0.25) is 0 Å². The summed E-state index contributed by atoms with van der Waals surface area (Å²) in [7, 11) is 0. The van der Waals surface area contributed by atoms with E-state index >= 15 is 0 Å². The van der Waals surface area contributed by atoms with Crippen LogP contribution in [0.1, 0.15) is 20.8 Å². The van der Waals surface area contributed by atoms with E-state index in [0.717, 1.165) is 16.8 Å². The van der Waals surface area contributed by atoms with Crippen molar-refractivity contribution in [2.45, 2.75) is 0 Å². The summed E-state index contributed by atoms with van der Waals surface area (Å²) in [6, 6.07) is 6.69. The lowest BCUT2D eigenvalue weighted by molar-refractivity contribution is 0.100. The van der Waals surface area contributed by atoms with E-state index in [-0.39, 0.29) is 37.3 Å². The van der Waals surface area contributed by atoms with Gasteiger partial charge in [-0.05, 0) is 40.2 Å². The molecular weight excluding hydrogens is 481 g/mol. The average molecular weight is 490 g/mol. The summed E-state index contributed by atoms with van der Waals surface area (Å²) in [6.07, 6.45) is 0. The van der Waals surface area contributed by atoms with E-state index in [1.165, 1.54) is 18.2 Å². The Morgan fingerprint density at radius 2 is 1.86 bits per heavy atom. The quantitative estimate of drug-likeness (QED) is 0.562. The lowest BCUT2D eigenvalue weighted by Gasteiger charge is -2.13. The van der Waals surface area contributed by atoms with Crippen LogP contribution < -0.4 is 11.1 Å². The van der Waals surface area contributed by atoms with Crippen molar-refractivity contribution >= 4 is 56.6 Å². The van der Waals surface area contributed by atoms with E-state index in [1.54, 1.807) is 0 Å². The number of hydrogen-bond donors (Lipinski definition) is 2. The molecule has 1 heterocycles. The van der Waals surface area contributed by atoms with Crippen LogP contribution in [0.15, 0.2) is 41.0 Å². The minimum Gasteiger partial charge on any atom is -0.366 e. The number of amides is 2. The summed E-state index contributed by atoms with van der Waals surface area (Å²) < 4.78 is 28.5. The topological polar surface area (TPSA) is 90.0 Å². The van der Waals surface area contributed by atoms with Crippen LogP contribution in [0.4, 0.5) is 14.5 Å². The van der Waals surface area contributed by atoms with Gasteiger partial charge in [0.1, 0.15) is 21.8 Å². The molecule has 0 saturated heterocycles. The molecular formula is C17H9BrCl2F2N4O2. The van der Waals surface area contributed by atoms with Crippen molar-refractivity contribution in [1.29, 1.82) is 0 Å². The van der Waals surface area contributed by atoms with Crippen LogP contribution in [-0.2, 0) is 0 Å². The molecule has 2 amide bonds. The van der Waals surface area contributed by atoms with Crippen LogP contribution in [0.5, 0.6) is 0 Å². The number of carbonyl (C=O) groups is 2. The van der Waals surface area contributed by atoms with E-state index in [0.29, 0.717) is 6.07 Å². The third-order valence-corrected chi connectivity index (χ3v) is 4.51. The molecule has 28 heavy (non-hydrogen) atoms. The monoisotopic (exact) mass is 488 g/mol. The Morgan fingerprint density at radius 3 is 2.50 bits per heavy atom. The fraction of sp³-hybridized carbons (Fsp3) is 0. The number of nitrogens with zero attached hydrogens (tertiary/aromatic N) is 2. The second kappa shape index (κ2) is 7.86. The van der Waals surface area contributed by atoms with Crippen molar-refractivity contribution in [3.63, 3.8) is 0 Å². The molecule has 2 aromatic carbocycles. The minimum absolute atomic E-state index is 0.0206. The summed E-state index contributed by atoms with van der Waals surface area (Å²) in [6.45, 7) is 0. The third kappa shape index (κ3) is 4.01. The molecule has 0 atom stereocenters. The maximum atomic E-state index is 14.1. The van der Waals surface area contributed by atoms with Gasteiger partial charge in [-0.2, -0.15) is 5.10 Å². The Balaban J connectivity index is 2.05. The van der Waals surface area contributed by atoms with Gasteiger partial charge in [-0.25, -0.2) is 13.5 Å². The minimum atomic E-state index is -0.924. The molecule has 0 aliphatic carbocycles. The summed E-state index contributed by atoms with van der Waals surface area (Å²) in [5, 5.41) is 6.57. The van der Waals surface area contributed by atoms with Crippen molar-refractivity contribution in [3.05, 3.63) is 73.9 Å². The Labute approximate surface area is 175 Å². The molecule has 0 aliphatic rings. The number of anilines is 1. The second-order valence-electron chi connectivity index (χ2n) is 5.49. The predicted molar refractivity (Wildman–Crippen MR) is 104 cm³/mol. The number of rotatable bonds is 4. The lowest BCUT2D eigenvalue weighted by Crippen LogP contribution is -2.21. The van der Waals surface area contributed by atoms with Gasteiger partial charge in [0, 0.05) is 17.2 Å². The molecule has 3 rings (SSSR count). The average Bonchev–Trinajstić information content (AvgIpc) is 2.98. The molecule has 1 aromatic heterocycles. The number of carbonyl (C=O) groups excluding carboxylic acids is 2. The number of nitrogens with two attached hydrogens (primary N) is 1. The zero-order valence-corrected chi connectivity index (χ0v) is 16.7.